The number of nitrogens with zero attached hydrogens (tertiary/aromatic N) is 2. The van der Waals surface area contributed by atoms with Crippen LogP contribution in [0.15, 0.2) is 17.2 Å². The molecule has 112 valence electrons. The van der Waals surface area contributed by atoms with Crippen molar-refractivity contribution in [2.75, 3.05) is 20.2 Å². The molecule has 0 fully saturated rings. The fourth-order valence-electron chi connectivity index (χ4n) is 1.57. The van der Waals surface area contributed by atoms with Crippen LogP contribution in [0.25, 0.3) is 0 Å². The van der Waals surface area contributed by atoms with Crippen LogP contribution in [-0.4, -0.2) is 50.0 Å². The molecule has 0 aliphatic heterocycles. The Morgan fingerprint density at radius 2 is 2.05 bits per heavy atom. The van der Waals surface area contributed by atoms with Crippen molar-refractivity contribution in [1.29, 1.82) is 0 Å². The van der Waals surface area contributed by atoms with Gasteiger partial charge < -0.3 is 14.2 Å². The van der Waals surface area contributed by atoms with Crippen LogP contribution in [0.4, 0.5) is 0 Å². The number of hydrogen-bond acceptors (Lipinski definition) is 5. The third-order valence-electron chi connectivity index (χ3n) is 2.55. The lowest BCUT2D eigenvalue weighted by Gasteiger charge is -2.16. The smallest absolute Gasteiger partial charge is 0.325 e. The summed E-state index contributed by atoms with van der Waals surface area (Å²) < 4.78 is 28.5. The van der Waals surface area contributed by atoms with Crippen LogP contribution in [0.2, 0.25) is 0 Å². The minimum Gasteiger partial charge on any atom is -0.465 e. The lowest BCUT2D eigenvalue weighted by Crippen LogP contribution is -2.34. The average molecular weight is 303 g/mol. The number of carbonyl (C=O) groups is 2. The van der Waals surface area contributed by atoms with Gasteiger partial charge in [0.2, 0.25) is 10.0 Å². The van der Waals surface area contributed by atoms with Gasteiger partial charge in [-0.1, -0.05) is 0 Å². The van der Waals surface area contributed by atoms with Crippen molar-refractivity contribution in [2.24, 2.45) is 12.2 Å². The van der Waals surface area contributed by atoms with Crippen molar-refractivity contribution in [3.8, 4) is 0 Å². The van der Waals surface area contributed by atoms with E-state index in [0.717, 1.165) is 4.90 Å². The molecular weight excluding hydrogens is 286 g/mol. The zero-order valence-electron chi connectivity index (χ0n) is 11.5. The number of rotatable bonds is 5. The Labute approximate surface area is 117 Å². The second kappa shape index (κ2) is 6.06. The van der Waals surface area contributed by atoms with E-state index in [2.05, 4.69) is 0 Å². The SMILES string of the molecule is CCOC(=O)CN(C)C(=O)c1cc(S(N)(=O)=O)cn1C. The van der Waals surface area contributed by atoms with Crippen LogP contribution in [0.1, 0.15) is 17.4 Å². The monoisotopic (exact) mass is 303 g/mol. The van der Waals surface area contributed by atoms with Gasteiger partial charge in [-0.3, -0.25) is 9.59 Å². The van der Waals surface area contributed by atoms with Gasteiger partial charge in [-0.15, -0.1) is 0 Å². The molecule has 20 heavy (non-hydrogen) atoms. The first-order chi connectivity index (χ1) is 9.16. The van der Waals surface area contributed by atoms with Crippen molar-refractivity contribution in [3.63, 3.8) is 0 Å². The Balaban J connectivity index is 2.93. The molecule has 0 aromatic carbocycles. The molecule has 9 heteroatoms. The van der Waals surface area contributed by atoms with Gasteiger partial charge in [-0.05, 0) is 13.0 Å². The number of esters is 1. The van der Waals surface area contributed by atoms with Gasteiger partial charge in [0, 0.05) is 20.3 Å². The molecule has 1 rings (SSSR count). The van der Waals surface area contributed by atoms with E-state index in [0.29, 0.717) is 0 Å². The first kappa shape index (κ1) is 16.2. The third kappa shape index (κ3) is 3.81. The standard InChI is InChI=1S/C11H17N3O5S/c1-4-19-10(15)7-14(3)11(16)9-5-8(6-13(9)2)20(12,17)18/h5-6H,4,7H2,1-3H3,(H2,12,17,18). The fraction of sp³-hybridized carbons (Fsp3) is 0.455. The van der Waals surface area contributed by atoms with Crippen LogP contribution in [-0.2, 0) is 26.6 Å². The van der Waals surface area contributed by atoms with Gasteiger partial charge in [0.25, 0.3) is 5.91 Å². The Hall–Kier alpha value is -1.87. The number of primary sulfonamides is 1. The lowest BCUT2D eigenvalue weighted by molar-refractivity contribution is -0.143. The first-order valence-electron chi connectivity index (χ1n) is 5.77. The zero-order valence-corrected chi connectivity index (χ0v) is 12.3. The average Bonchev–Trinajstić information content (AvgIpc) is 2.70. The number of amides is 1. The summed E-state index contributed by atoms with van der Waals surface area (Å²) in [5.41, 5.74) is 0.112. The van der Waals surface area contributed by atoms with E-state index in [-0.39, 0.29) is 23.7 Å². The van der Waals surface area contributed by atoms with Gasteiger partial charge in [0.1, 0.15) is 17.1 Å². The summed E-state index contributed by atoms with van der Waals surface area (Å²) in [6.45, 7) is 1.67. The summed E-state index contributed by atoms with van der Waals surface area (Å²) in [6, 6.07) is 1.17. The Morgan fingerprint density at radius 1 is 1.45 bits per heavy atom. The van der Waals surface area contributed by atoms with Crippen LogP contribution < -0.4 is 5.14 Å². The van der Waals surface area contributed by atoms with Crippen LogP contribution in [0, 0.1) is 0 Å². The quantitative estimate of drug-likeness (QED) is 0.723. The third-order valence-corrected chi connectivity index (χ3v) is 3.43. The maximum atomic E-state index is 12.1. The maximum Gasteiger partial charge on any atom is 0.325 e. The van der Waals surface area contributed by atoms with Crippen molar-refractivity contribution in [2.45, 2.75) is 11.8 Å². The zero-order chi connectivity index (χ0) is 15.5. The van der Waals surface area contributed by atoms with E-state index in [4.69, 9.17) is 9.88 Å². The highest BCUT2D eigenvalue weighted by Crippen LogP contribution is 2.13. The van der Waals surface area contributed by atoms with Crippen LogP contribution in [0.3, 0.4) is 0 Å². The van der Waals surface area contributed by atoms with Gasteiger partial charge in [0.05, 0.1) is 6.61 Å². The van der Waals surface area contributed by atoms with E-state index in [9.17, 15) is 18.0 Å². The Morgan fingerprint density at radius 3 is 2.50 bits per heavy atom. The van der Waals surface area contributed by atoms with Crippen LogP contribution >= 0.6 is 0 Å². The highest BCUT2D eigenvalue weighted by atomic mass is 32.2. The normalized spacial score (nSPS) is 11.2. The predicted octanol–water partition coefficient (Wildman–Crippen LogP) is -0.692. The minimum atomic E-state index is -3.88. The molecule has 1 aromatic heterocycles. The Bertz CT molecular complexity index is 620. The second-order valence-electron chi connectivity index (χ2n) is 4.18. The molecule has 0 aliphatic carbocycles. The largest absolute Gasteiger partial charge is 0.465 e. The van der Waals surface area contributed by atoms with Gasteiger partial charge in [0.15, 0.2) is 0 Å². The lowest BCUT2D eigenvalue weighted by atomic mass is 10.3. The van der Waals surface area contributed by atoms with E-state index < -0.39 is 21.9 Å². The number of ether oxygens (including phenoxy) is 1. The van der Waals surface area contributed by atoms with Crippen molar-refractivity contribution in [3.05, 3.63) is 18.0 Å². The number of aromatic nitrogens is 1. The summed E-state index contributed by atoms with van der Waals surface area (Å²) in [7, 11) is -0.945. The molecule has 8 nitrogen and oxygen atoms in total. The summed E-state index contributed by atoms with van der Waals surface area (Å²) in [6.07, 6.45) is 1.24. The molecule has 0 aliphatic rings. The van der Waals surface area contributed by atoms with Gasteiger partial charge >= 0.3 is 5.97 Å². The topological polar surface area (TPSA) is 112 Å². The molecule has 0 spiro atoms. The minimum absolute atomic E-state index is 0.112. The summed E-state index contributed by atoms with van der Waals surface area (Å²) in [5.74, 6) is -1.04. The van der Waals surface area contributed by atoms with E-state index in [1.807, 2.05) is 0 Å². The number of likely N-dealkylation sites (N-methyl/N-ethyl adjacent to an activating group) is 1. The molecule has 0 atom stereocenters. The molecule has 2 N–H and O–H groups in total. The Kier molecular flexibility index (Phi) is 4.90. The maximum absolute atomic E-state index is 12.1. The summed E-state index contributed by atoms with van der Waals surface area (Å²) in [4.78, 5) is 24.4. The number of carbonyl (C=O) groups excluding carboxylic acids is 2. The first-order valence-corrected chi connectivity index (χ1v) is 7.31. The number of hydrogen-bond donors (Lipinski definition) is 1. The molecular formula is C11H17N3O5S. The van der Waals surface area contributed by atoms with E-state index >= 15 is 0 Å². The van der Waals surface area contributed by atoms with Crippen molar-refractivity contribution in [1.82, 2.24) is 9.47 Å². The molecule has 1 heterocycles. The highest BCUT2D eigenvalue weighted by Gasteiger charge is 2.21. The van der Waals surface area contributed by atoms with Gasteiger partial charge in [-0.2, -0.15) is 0 Å². The van der Waals surface area contributed by atoms with E-state index in [1.165, 1.54) is 30.9 Å². The van der Waals surface area contributed by atoms with Crippen molar-refractivity contribution >= 4 is 21.9 Å². The second-order valence-corrected chi connectivity index (χ2v) is 5.74. The molecule has 0 unspecified atom stereocenters. The summed E-state index contributed by atoms with van der Waals surface area (Å²) >= 11 is 0. The number of aryl methyl sites for hydroxylation is 1. The number of sulfonamides is 1. The molecule has 0 saturated heterocycles. The van der Waals surface area contributed by atoms with Crippen LogP contribution in [0.5, 0.6) is 0 Å². The highest BCUT2D eigenvalue weighted by molar-refractivity contribution is 7.89. The molecule has 0 saturated carbocycles. The van der Waals surface area contributed by atoms with Gasteiger partial charge in [-0.25, -0.2) is 13.6 Å². The van der Waals surface area contributed by atoms with E-state index in [1.54, 1.807) is 6.92 Å². The molecule has 1 amide bonds. The fourth-order valence-corrected chi connectivity index (χ4v) is 2.15. The predicted molar refractivity (Wildman–Crippen MR) is 70.4 cm³/mol. The molecule has 1 aromatic rings. The number of nitrogens with two attached hydrogens (primary N) is 1. The molecule has 0 radical (unpaired) electrons. The summed E-state index contributed by atoms with van der Waals surface area (Å²) in [5, 5.41) is 5.00. The van der Waals surface area contributed by atoms with Crippen molar-refractivity contribution < 1.29 is 22.7 Å². The molecule has 0 bridgehead atoms.